The van der Waals surface area contributed by atoms with Crippen LogP contribution in [-0.4, -0.2) is 22.1 Å². The molecule has 1 N–H and O–H groups in total. The molecule has 0 fully saturated rings. The van der Waals surface area contributed by atoms with Crippen molar-refractivity contribution in [1.82, 2.24) is 3.96 Å². The summed E-state index contributed by atoms with van der Waals surface area (Å²) in [5.41, 5.74) is 0.0531. The SMILES string of the molecule is COc1ccc(Cl)cc1C(=O)/N=c1\sn(C(C)(C)C)cc1O. The van der Waals surface area contributed by atoms with Crippen molar-refractivity contribution in [2.75, 3.05) is 7.11 Å². The lowest BCUT2D eigenvalue weighted by molar-refractivity contribution is 0.0995. The third-order valence-corrected chi connectivity index (χ3v) is 4.46. The highest BCUT2D eigenvalue weighted by molar-refractivity contribution is 7.04. The quantitative estimate of drug-likeness (QED) is 0.911. The molecule has 1 aromatic heterocycles. The summed E-state index contributed by atoms with van der Waals surface area (Å²) in [5, 5.41) is 10.4. The lowest BCUT2D eigenvalue weighted by atomic mass is 10.1. The van der Waals surface area contributed by atoms with E-state index >= 15 is 0 Å². The van der Waals surface area contributed by atoms with Crippen LogP contribution in [-0.2, 0) is 5.54 Å². The van der Waals surface area contributed by atoms with E-state index in [1.54, 1.807) is 18.3 Å². The fourth-order valence-electron chi connectivity index (χ4n) is 1.74. The van der Waals surface area contributed by atoms with Crippen molar-refractivity contribution >= 4 is 29.0 Å². The summed E-state index contributed by atoms with van der Waals surface area (Å²) >= 11 is 7.13. The zero-order valence-electron chi connectivity index (χ0n) is 12.8. The molecule has 22 heavy (non-hydrogen) atoms. The van der Waals surface area contributed by atoms with Crippen LogP contribution in [0.2, 0.25) is 5.02 Å². The van der Waals surface area contributed by atoms with Gasteiger partial charge in [-0.25, -0.2) is 0 Å². The number of hydrogen-bond acceptors (Lipinski definition) is 4. The summed E-state index contributed by atoms with van der Waals surface area (Å²) in [6.07, 6.45) is 1.56. The zero-order chi connectivity index (χ0) is 16.5. The number of rotatable bonds is 2. The third-order valence-electron chi connectivity index (χ3n) is 2.90. The van der Waals surface area contributed by atoms with Gasteiger partial charge in [-0.3, -0.25) is 8.75 Å². The molecule has 0 radical (unpaired) electrons. The van der Waals surface area contributed by atoms with E-state index < -0.39 is 5.91 Å². The van der Waals surface area contributed by atoms with Crippen LogP contribution in [0.5, 0.6) is 11.5 Å². The Morgan fingerprint density at radius 2 is 2.09 bits per heavy atom. The first kappa shape index (κ1) is 16.6. The smallest absolute Gasteiger partial charge is 0.282 e. The average Bonchev–Trinajstić information content (AvgIpc) is 2.80. The molecule has 2 aromatic rings. The molecule has 0 spiro atoms. The monoisotopic (exact) mass is 340 g/mol. The van der Waals surface area contributed by atoms with E-state index in [0.717, 1.165) is 0 Å². The van der Waals surface area contributed by atoms with E-state index in [9.17, 15) is 9.90 Å². The van der Waals surface area contributed by atoms with Gasteiger partial charge in [-0.05, 0) is 50.5 Å². The van der Waals surface area contributed by atoms with Crippen molar-refractivity contribution in [2.45, 2.75) is 26.3 Å². The zero-order valence-corrected chi connectivity index (χ0v) is 14.3. The van der Waals surface area contributed by atoms with E-state index in [-0.39, 0.29) is 21.5 Å². The third kappa shape index (κ3) is 3.51. The number of amides is 1. The van der Waals surface area contributed by atoms with Crippen LogP contribution in [0.3, 0.4) is 0 Å². The molecule has 2 rings (SSSR count). The van der Waals surface area contributed by atoms with Gasteiger partial charge >= 0.3 is 0 Å². The average molecular weight is 341 g/mol. The van der Waals surface area contributed by atoms with Gasteiger partial charge in [-0.1, -0.05) is 11.6 Å². The topological polar surface area (TPSA) is 63.8 Å². The van der Waals surface area contributed by atoms with E-state index in [4.69, 9.17) is 16.3 Å². The molecule has 118 valence electrons. The molecule has 0 aliphatic heterocycles. The standard InChI is InChI=1S/C15H17ClN2O3S/c1-15(2,3)18-8-11(19)14(22-18)17-13(20)10-7-9(16)5-6-12(10)21-4/h5-8,19H,1-4H3/b17-14-. The van der Waals surface area contributed by atoms with Crippen LogP contribution in [0.15, 0.2) is 29.4 Å². The summed E-state index contributed by atoms with van der Waals surface area (Å²) < 4.78 is 7.23. The first-order chi connectivity index (χ1) is 10.2. The van der Waals surface area contributed by atoms with Gasteiger partial charge < -0.3 is 9.84 Å². The van der Waals surface area contributed by atoms with Gasteiger partial charge in [0.15, 0.2) is 10.4 Å². The van der Waals surface area contributed by atoms with Gasteiger partial charge in [-0.15, -0.1) is 0 Å². The molecule has 0 saturated heterocycles. The number of carbonyl (C=O) groups is 1. The second-order valence-corrected chi connectivity index (χ2v) is 7.07. The van der Waals surface area contributed by atoms with Gasteiger partial charge in [-0.2, -0.15) is 4.99 Å². The first-order valence-corrected chi connectivity index (χ1v) is 7.72. The largest absolute Gasteiger partial charge is 0.504 e. The van der Waals surface area contributed by atoms with Gasteiger partial charge in [0.05, 0.1) is 18.9 Å². The molecule has 0 aliphatic rings. The maximum Gasteiger partial charge on any atom is 0.282 e. The molecule has 0 bridgehead atoms. The number of ether oxygens (including phenoxy) is 1. The molecule has 0 unspecified atom stereocenters. The first-order valence-electron chi connectivity index (χ1n) is 6.57. The molecular formula is C15H17ClN2O3S. The summed E-state index contributed by atoms with van der Waals surface area (Å²) in [6.45, 7) is 5.98. The lowest BCUT2D eigenvalue weighted by Crippen LogP contribution is -2.18. The van der Waals surface area contributed by atoms with Crippen molar-refractivity contribution in [2.24, 2.45) is 4.99 Å². The molecule has 1 heterocycles. The normalized spacial score (nSPS) is 12.5. The molecule has 0 aliphatic carbocycles. The number of aromatic nitrogens is 1. The number of aromatic hydroxyl groups is 1. The van der Waals surface area contributed by atoms with Crippen LogP contribution in [0.25, 0.3) is 0 Å². The fraction of sp³-hybridized carbons (Fsp3) is 0.333. The van der Waals surface area contributed by atoms with Crippen molar-refractivity contribution in [1.29, 1.82) is 0 Å². The van der Waals surface area contributed by atoms with Crippen LogP contribution in [0.4, 0.5) is 0 Å². The highest BCUT2D eigenvalue weighted by atomic mass is 35.5. The minimum atomic E-state index is -0.516. The number of methoxy groups -OCH3 is 1. The molecule has 0 saturated carbocycles. The number of hydrogen-bond donors (Lipinski definition) is 1. The van der Waals surface area contributed by atoms with Crippen LogP contribution in [0.1, 0.15) is 31.1 Å². The van der Waals surface area contributed by atoms with E-state index in [1.165, 1.54) is 24.7 Å². The van der Waals surface area contributed by atoms with Crippen LogP contribution >= 0.6 is 23.1 Å². The minimum absolute atomic E-state index is 0.0331. The highest BCUT2D eigenvalue weighted by Gasteiger charge is 2.17. The van der Waals surface area contributed by atoms with Crippen LogP contribution in [0, 0.1) is 0 Å². The van der Waals surface area contributed by atoms with Crippen molar-refractivity contribution in [3.8, 4) is 11.5 Å². The molecule has 1 amide bonds. The number of benzene rings is 1. The second kappa shape index (κ2) is 6.14. The van der Waals surface area contributed by atoms with Gasteiger partial charge in [0, 0.05) is 10.6 Å². The van der Waals surface area contributed by atoms with Gasteiger partial charge in [0.1, 0.15) is 5.75 Å². The van der Waals surface area contributed by atoms with Crippen molar-refractivity contribution in [3.05, 3.63) is 39.7 Å². The molecule has 1 aromatic carbocycles. The van der Waals surface area contributed by atoms with Crippen LogP contribution < -0.4 is 9.41 Å². The molecular weight excluding hydrogens is 324 g/mol. The van der Waals surface area contributed by atoms with Crippen molar-refractivity contribution < 1.29 is 14.6 Å². The Balaban J connectivity index is 2.48. The predicted octanol–water partition coefficient (Wildman–Crippen LogP) is 3.41. The van der Waals surface area contributed by atoms with E-state index in [0.29, 0.717) is 10.8 Å². The Morgan fingerprint density at radius 3 is 2.64 bits per heavy atom. The highest BCUT2D eigenvalue weighted by Crippen LogP contribution is 2.24. The second-order valence-electron chi connectivity index (χ2n) is 5.67. The number of halogens is 1. The van der Waals surface area contributed by atoms with E-state index in [1.807, 2.05) is 24.7 Å². The maximum atomic E-state index is 12.3. The summed E-state index contributed by atoms with van der Waals surface area (Å²) in [4.78, 5) is 16.3. The Bertz CT molecular complexity index is 772. The Labute approximate surface area is 137 Å². The Hall–Kier alpha value is -1.79. The minimum Gasteiger partial charge on any atom is -0.504 e. The van der Waals surface area contributed by atoms with Crippen molar-refractivity contribution in [3.63, 3.8) is 0 Å². The number of carbonyl (C=O) groups excluding carboxylic acids is 1. The summed E-state index contributed by atoms with van der Waals surface area (Å²) in [6, 6.07) is 4.73. The van der Waals surface area contributed by atoms with E-state index in [2.05, 4.69) is 4.99 Å². The summed E-state index contributed by atoms with van der Waals surface area (Å²) in [5.74, 6) is -0.162. The molecule has 0 atom stereocenters. The fourth-order valence-corrected chi connectivity index (χ4v) is 2.80. The van der Waals surface area contributed by atoms with Gasteiger partial charge in [0.2, 0.25) is 0 Å². The predicted molar refractivity (Wildman–Crippen MR) is 86.9 cm³/mol. The molecule has 7 heteroatoms. The molecule has 5 nitrogen and oxygen atoms in total. The number of nitrogens with zero attached hydrogens (tertiary/aromatic N) is 2. The lowest BCUT2D eigenvalue weighted by Gasteiger charge is -2.18. The Morgan fingerprint density at radius 1 is 1.41 bits per heavy atom. The van der Waals surface area contributed by atoms with Gasteiger partial charge in [0.25, 0.3) is 5.91 Å². The maximum absolute atomic E-state index is 12.3. The summed E-state index contributed by atoms with van der Waals surface area (Å²) in [7, 11) is 1.47. The Kier molecular flexibility index (Phi) is 4.63.